The van der Waals surface area contributed by atoms with Crippen LogP contribution in [0.1, 0.15) is 25.7 Å². The zero-order valence-corrected chi connectivity index (χ0v) is 19.2. The van der Waals surface area contributed by atoms with Crippen molar-refractivity contribution in [1.82, 2.24) is 10.6 Å². The lowest BCUT2D eigenvalue weighted by Gasteiger charge is -2.23. The third-order valence-corrected chi connectivity index (χ3v) is 5.14. The van der Waals surface area contributed by atoms with E-state index in [9.17, 15) is 8.78 Å². The molecule has 0 bridgehead atoms. The van der Waals surface area contributed by atoms with Crippen LogP contribution in [0.5, 0.6) is 0 Å². The monoisotopic (exact) mass is 524 g/mol. The first kappa shape index (κ1) is 24.1. The first-order valence-corrected chi connectivity index (χ1v) is 10.0. The molecular formula is C20H31F2IN4O2. The van der Waals surface area contributed by atoms with E-state index in [0.29, 0.717) is 31.8 Å². The largest absolute Gasteiger partial charge is 0.381 e. The van der Waals surface area contributed by atoms with Crippen LogP contribution in [0.15, 0.2) is 23.2 Å². The van der Waals surface area contributed by atoms with E-state index in [1.165, 1.54) is 18.2 Å². The minimum atomic E-state index is -0.521. The Labute approximate surface area is 188 Å². The highest BCUT2D eigenvalue weighted by Crippen LogP contribution is 2.26. The first-order chi connectivity index (χ1) is 13.7. The highest BCUT2D eigenvalue weighted by atomic mass is 127. The van der Waals surface area contributed by atoms with Gasteiger partial charge < -0.3 is 25.0 Å². The summed E-state index contributed by atoms with van der Waals surface area (Å²) >= 11 is 0. The lowest BCUT2D eigenvalue weighted by molar-refractivity contribution is -0.0320. The summed E-state index contributed by atoms with van der Waals surface area (Å²) in [6.45, 7) is 4.17. The van der Waals surface area contributed by atoms with E-state index in [2.05, 4.69) is 15.6 Å². The molecule has 0 aliphatic carbocycles. The average molecular weight is 524 g/mol. The van der Waals surface area contributed by atoms with Crippen LogP contribution in [-0.2, 0) is 9.47 Å². The van der Waals surface area contributed by atoms with Gasteiger partial charge in [0.15, 0.2) is 5.96 Å². The molecule has 1 aromatic carbocycles. The van der Waals surface area contributed by atoms with Gasteiger partial charge in [-0.25, -0.2) is 8.78 Å². The Kier molecular flexibility index (Phi) is 10.4. The maximum Gasteiger partial charge on any atom is 0.191 e. The maximum absolute atomic E-state index is 14.0. The number of hydrogen-bond acceptors (Lipinski definition) is 4. The second-order valence-electron chi connectivity index (χ2n) is 7.18. The Morgan fingerprint density at radius 3 is 2.66 bits per heavy atom. The molecule has 0 amide bonds. The molecule has 0 aromatic heterocycles. The van der Waals surface area contributed by atoms with Crippen molar-refractivity contribution in [2.45, 2.75) is 37.8 Å². The number of aliphatic imine (C=N–C) groups is 1. The van der Waals surface area contributed by atoms with Gasteiger partial charge in [-0.3, -0.25) is 4.99 Å². The highest BCUT2D eigenvalue weighted by Gasteiger charge is 2.27. The molecule has 164 valence electrons. The molecule has 0 saturated carbocycles. The average Bonchev–Trinajstić information content (AvgIpc) is 3.15. The topological polar surface area (TPSA) is 58.1 Å². The van der Waals surface area contributed by atoms with Crippen LogP contribution in [0.3, 0.4) is 0 Å². The molecule has 0 radical (unpaired) electrons. The molecule has 1 atom stereocenters. The highest BCUT2D eigenvalue weighted by molar-refractivity contribution is 14.0. The van der Waals surface area contributed by atoms with Gasteiger partial charge in [0.2, 0.25) is 0 Å². The van der Waals surface area contributed by atoms with Crippen LogP contribution in [0.4, 0.5) is 14.5 Å². The van der Waals surface area contributed by atoms with E-state index >= 15 is 0 Å². The van der Waals surface area contributed by atoms with Crippen molar-refractivity contribution in [1.29, 1.82) is 0 Å². The fourth-order valence-electron chi connectivity index (χ4n) is 3.63. The quantitative estimate of drug-likeness (QED) is 0.249. The molecule has 3 rings (SSSR count). The molecular weight excluding hydrogens is 493 g/mol. The lowest BCUT2D eigenvalue weighted by atomic mass is 10.1. The van der Waals surface area contributed by atoms with Crippen molar-refractivity contribution < 1.29 is 18.3 Å². The Morgan fingerprint density at radius 2 is 1.97 bits per heavy atom. The standard InChI is InChI=1S/C20H30F2N4O2.HI/c1-23-20(24-9-3-11-28-16-7-12-27-13-8-16)25-15-6-10-26(14-15)19-17(21)4-2-5-18(19)22;/h2,4-5,15-16H,3,6-14H2,1H3,(H2,23,24,25);1H. The van der Waals surface area contributed by atoms with Crippen LogP contribution in [0, 0.1) is 11.6 Å². The zero-order chi connectivity index (χ0) is 19.8. The second-order valence-corrected chi connectivity index (χ2v) is 7.18. The normalized spacial score (nSPS) is 20.4. The Balaban J connectivity index is 0.00000300. The number of nitrogens with one attached hydrogen (secondary N) is 2. The molecule has 1 unspecified atom stereocenters. The molecule has 2 fully saturated rings. The molecule has 2 aliphatic rings. The van der Waals surface area contributed by atoms with E-state index in [1.54, 1.807) is 11.9 Å². The summed E-state index contributed by atoms with van der Waals surface area (Å²) in [6, 6.07) is 4.06. The van der Waals surface area contributed by atoms with E-state index in [4.69, 9.17) is 9.47 Å². The van der Waals surface area contributed by atoms with Crippen LogP contribution >= 0.6 is 24.0 Å². The number of para-hydroxylation sites is 1. The minimum Gasteiger partial charge on any atom is -0.381 e. The van der Waals surface area contributed by atoms with Crippen molar-refractivity contribution >= 4 is 35.6 Å². The molecule has 2 N–H and O–H groups in total. The first-order valence-electron chi connectivity index (χ1n) is 10.0. The number of benzene rings is 1. The zero-order valence-electron chi connectivity index (χ0n) is 16.8. The predicted molar refractivity (Wildman–Crippen MR) is 121 cm³/mol. The number of nitrogens with zero attached hydrogens (tertiary/aromatic N) is 2. The maximum atomic E-state index is 14.0. The van der Waals surface area contributed by atoms with Gasteiger partial charge in [-0.05, 0) is 37.8 Å². The van der Waals surface area contributed by atoms with Gasteiger partial charge in [0.05, 0.1) is 6.10 Å². The van der Waals surface area contributed by atoms with Crippen LogP contribution in [-0.4, -0.2) is 64.6 Å². The van der Waals surface area contributed by atoms with Gasteiger partial charge in [0.25, 0.3) is 0 Å². The van der Waals surface area contributed by atoms with Crippen LogP contribution in [0.2, 0.25) is 0 Å². The van der Waals surface area contributed by atoms with Gasteiger partial charge in [-0.1, -0.05) is 6.07 Å². The number of hydrogen-bond donors (Lipinski definition) is 2. The van der Waals surface area contributed by atoms with Gasteiger partial charge in [0, 0.05) is 52.5 Å². The van der Waals surface area contributed by atoms with Crippen LogP contribution < -0.4 is 15.5 Å². The summed E-state index contributed by atoms with van der Waals surface area (Å²) in [4.78, 5) is 5.99. The van der Waals surface area contributed by atoms with Crippen molar-refractivity contribution in [2.75, 3.05) is 51.4 Å². The van der Waals surface area contributed by atoms with Crippen molar-refractivity contribution in [3.05, 3.63) is 29.8 Å². The fraction of sp³-hybridized carbons (Fsp3) is 0.650. The molecule has 2 heterocycles. The summed E-state index contributed by atoms with van der Waals surface area (Å²) in [5, 5.41) is 6.62. The van der Waals surface area contributed by atoms with Gasteiger partial charge >= 0.3 is 0 Å². The van der Waals surface area contributed by atoms with E-state index in [1.807, 2.05) is 0 Å². The Morgan fingerprint density at radius 1 is 1.24 bits per heavy atom. The van der Waals surface area contributed by atoms with Crippen molar-refractivity contribution in [3.63, 3.8) is 0 Å². The predicted octanol–water partition coefficient (Wildman–Crippen LogP) is 2.91. The molecule has 6 nitrogen and oxygen atoms in total. The molecule has 29 heavy (non-hydrogen) atoms. The summed E-state index contributed by atoms with van der Waals surface area (Å²) in [7, 11) is 1.72. The number of halogens is 3. The van der Waals surface area contributed by atoms with Crippen LogP contribution in [0.25, 0.3) is 0 Å². The number of guanidine groups is 1. The van der Waals surface area contributed by atoms with Gasteiger partial charge in [-0.15, -0.1) is 24.0 Å². The molecule has 0 spiro atoms. The van der Waals surface area contributed by atoms with E-state index < -0.39 is 11.6 Å². The third kappa shape index (κ3) is 7.21. The van der Waals surface area contributed by atoms with Gasteiger partial charge in [0.1, 0.15) is 17.3 Å². The smallest absolute Gasteiger partial charge is 0.191 e. The van der Waals surface area contributed by atoms with E-state index in [-0.39, 0.29) is 35.7 Å². The molecule has 2 saturated heterocycles. The lowest BCUT2D eigenvalue weighted by Crippen LogP contribution is -2.45. The second kappa shape index (κ2) is 12.5. The molecule has 1 aromatic rings. The summed E-state index contributed by atoms with van der Waals surface area (Å²) in [5.41, 5.74) is 0.0556. The minimum absolute atomic E-state index is 0. The van der Waals surface area contributed by atoms with Crippen molar-refractivity contribution in [3.8, 4) is 0 Å². The molecule has 9 heteroatoms. The van der Waals surface area contributed by atoms with Gasteiger partial charge in [-0.2, -0.15) is 0 Å². The Hall–Kier alpha value is -1.20. The third-order valence-electron chi connectivity index (χ3n) is 5.14. The summed E-state index contributed by atoms with van der Waals surface area (Å²) in [5.74, 6) is -0.340. The van der Waals surface area contributed by atoms with E-state index in [0.717, 1.165) is 45.4 Å². The SMILES string of the molecule is CN=C(NCCCOC1CCOCC1)NC1CCN(c2c(F)cccc2F)C1.I. The van der Waals surface area contributed by atoms with Crippen molar-refractivity contribution in [2.24, 2.45) is 4.99 Å². The fourth-order valence-corrected chi connectivity index (χ4v) is 3.63. The summed E-state index contributed by atoms with van der Waals surface area (Å²) < 4.78 is 39.1. The molecule has 2 aliphatic heterocycles. The number of ether oxygens (including phenoxy) is 2. The number of anilines is 1. The Bertz CT molecular complexity index is 639. The number of rotatable bonds is 7. The summed E-state index contributed by atoms with van der Waals surface area (Å²) in [6.07, 6.45) is 3.93.